The van der Waals surface area contributed by atoms with Crippen LogP contribution in [0.15, 0.2) is 56.8 Å². The highest BCUT2D eigenvalue weighted by Gasteiger charge is 2.33. The summed E-state index contributed by atoms with van der Waals surface area (Å²) in [5.74, 6) is -1.16. The Morgan fingerprint density at radius 1 is 1.10 bits per heavy atom. The van der Waals surface area contributed by atoms with Crippen molar-refractivity contribution in [3.05, 3.63) is 65.3 Å². The first-order chi connectivity index (χ1) is 23.0. The van der Waals surface area contributed by atoms with E-state index in [-0.39, 0.29) is 64.0 Å². The van der Waals surface area contributed by atoms with Gasteiger partial charge in [0.15, 0.2) is 10.7 Å². The largest absolute Gasteiger partial charge is 0.490 e. The third-order valence-electron chi connectivity index (χ3n) is 8.50. The van der Waals surface area contributed by atoms with Crippen LogP contribution in [0.5, 0.6) is 5.75 Å². The molecule has 0 bridgehead atoms. The van der Waals surface area contributed by atoms with E-state index in [0.717, 1.165) is 22.9 Å². The smallest absolute Gasteiger partial charge is 0.267 e. The van der Waals surface area contributed by atoms with Gasteiger partial charge in [-0.3, -0.25) is 9.52 Å². The van der Waals surface area contributed by atoms with E-state index >= 15 is 0 Å². The number of fused-ring (bicyclic) bond motifs is 1. The molecule has 2 N–H and O–H groups in total. The number of aryl methyl sites for hydroxylation is 2. The van der Waals surface area contributed by atoms with Crippen molar-refractivity contribution in [1.29, 1.82) is 0 Å². The number of amides is 1. The van der Waals surface area contributed by atoms with E-state index in [1.807, 2.05) is 13.8 Å². The van der Waals surface area contributed by atoms with Gasteiger partial charge in [0, 0.05) is 38.3 Å². The average molecular weight is 725 g/mol. The van der Waals surface area contributed by atoms with Crippen LogP contribution in [-0.4, -0.2) is 93.8 Å². The molecule has 3 aromatic rings. The van der Waals surface area contributed by atoms with Crippen molar-refractivity contribution in [2.24, 2.45) is 5.92 Å². The van der Waals surface area contributed by atoms with Gasteiger partial charge < -0.3 is 24.0 Å². The highest BCUT2D eigenvalue weighted by Crippen LogP contribution is 2.30. The van der Waals surface area contributed by atoms with E-state index < -0.39 is 49.8 Å². The zero-order valence-corrected chi connectivity index (χ0v) is 30.2. The molecular formula is C33H45FN4O9S2. The number of carbonyl (C=O) groups excluding carboxylic acids is 1. The number of hydrogen-bond donors (Lipinski definition) is 2. The van der Waals surface area contributed by atoms with E-state index in [0.29, 0.717) is 19.4 Å². The monoisotopic (exact) mass is 724 g/mol. The minimum absolute atomic E-state index is 0.0552. The number of aromatic nitrogens is 1. The first-order valence-corrected chi connectivity index (χ1v) is 19.0. The Hall–Kier alpha value is -3.57. The number of halogens is 1. The van der Waals surface area contributed by atoms with E-state index in [4.69, 9.17) is 14.0 Å². The first-order valence-electron chi connectivity index (χ1n) is 16.1. The summed E-state index contributed by atoms with van der Waals surface area (Å²) >= 11 is 0. The van der Waals surface area contributed by atoms with Crippen molar-refractivity contribution in [2.45, 2.75) is 81.9 Å². The van der Waals surface area contributed by atoms with Crippen LogP contribution in [-0.2, 0) is 24.8 Å². The second kappa shape index (κ2) is 16.0. The van der Waals surface area contributed by atoms with E-state index in [1.165, 1.54) is 56.1 Å². The molecule has 1 aliphatic rings. The van der Waals surface area contributed by atoms with Gasteiger partial charge in [-0.25, -0.2) is 21.2 Å². The number of aliphatic hydroxyl groups is 1. The van der Waals surface area contributed by atoms with Crippen LogP contribution >= 0.6 is 0 Å². The van der Waals surface area contributed by atoms with Gasteiger partial charge in [0.2, 0.25) is 10.0 Å². The molecule has 1 amide bonds. The van der Waals surface area contributed by atoms with Gasteiger partial charge in [-0.15, -0.1) is 0 Å². The van der Waals surface area contributed by atoms with Crippen LogP contribution in [0.4, 0.5) is 10.1 Å². The van der Waals surface area contributed by atoms with Crippen molar-refractivity contribution < 1.29 is 45.1 Å². The molecule has 0 unspecified atom stereocenters. The van der Waals surface area contributed by atoms with E-state index in [9.17, 15) is 31.1 Å². The molecule has 1 aromatic heterocycles. The second-order valence-corrected chi connectivity index (χ2v) is 16.2. The number of sulfonamides is 2. The average Bonchev–Trinajstić information content (AvgIpc) is 3.40. The summed E-state index contributed by atoms with van der Waals surface area (Å²) in [6.07, 6.45) is 1.03. The molecule has 4 rings (SSSR count). The predicted octanol–water partition coefficient (Wildman–Crippen LogP) is 4.35. The summed E-state index contributed by atoms with van der Waals surface area (Å²) in [5.41, 5.74) is 0.355. The van der Waals surface area contributed by atoms with Crippen LogP contribution < -0.4 is 9.46 Å². The number of nitrogens with one attached hydrogen (secondary N) is 1. The minimum atomic E-state index is -4.13. The number of hydrogen-bond acceptors (Lipinski definition) is 10. The van der Waals surface area contributed by atoms with Crippen molar-refractivity contribution in [2.75, 3.05) is 38.1 Å². The number of aliphatic hydroxyl groups excluding tert-OH is 1. The van der Waals surface area contributed by atoms with Gasteiger partial charge in [-0.1, -0.05) is 12.1 Å². The molecular weight excluding hydrogens is 680 g/mol. The van der Waals surface area contributed by atoms with Gasteiger partial charge >= 0.3 is 0 Å². The van der Waals surface area contributed by atoms with Crippen molar-refractivity contribution in [3.8, 4) is 5.75 Å². The zero-order chi connectivity index (χ0) is 36.1. The summed E-state index contributed by atoms with van der Waals surface area (Å²) < 4.78 is 88.0. The molecule has 0 spiro atoms. The summed E-state index contributed by atoms with van der Waals surface area (Å²) in [6.45, 7) is 8.31. The topological polar surface area (TPSA) is 169 Å². The number of ether oxygens (including phenoxy) is 2. The molecule has 270 valence electrons. The molecule has 0 radical (unpaired) electrons. The standard InChI is InChI=1S/C33H45FN4O9S2/c1-21-18-38(22(2)20-39)33(40)29-17-27(36-48(41,42)32-24(4)35-47-25(32)5)12-15-30(29)46-23(3)9-7-8-16-45-31(21)19-37(6)49(43,44)28-13-10-26(34)11-14-28/h10-15,17,21-23,31,36,39H,7-9,16,18-20H2,1-6H3/t21-,22+,23+,31-/m0/s1. The van der Waals surface area contributed by atoms with E-state index in [2.05, 4.69) is 9.88 Å². The van der Waals surface area contributed by atoms with Gasteiger partial charge in [0.1, 0.15) is 17.3 Å². The SMILES string of the molecule is Cc1noc(C)c1S(=O)(=O)Nc1ccc2c(c1)C(=O)N([C@H](C)CO)C[C@H](C)[C@H](CN(C)S(=O)(=O)c1ccc(F)cc1)OCCCC[C@@H](C)O2. The third-order valence-corrected chi connectivity index (χ3v) is 12.0. The summed E-state index contributed by atoms with van der Waals surface area (Å²) in [5, 5.41) is 13.9. The number of anilines is 1. The number of benzene rings is 2. The fourth-order valence-electron chi connectivity index (χ4n) is 5.65. The summed E-state index contributed by atoms with van der Waals surface area (Å²) in [6, 6.07) is 8.31. The zero-order valence-electron chi connectivity index (χ0n) is 28.5. The number of rotatable bonds is 9. The van der Waals surface area contributed by atoms with Crippen molar-refractivity contribution in [1.82, 2.24) is 14.4 Å². The Bertz CT molecular complexity index is 1800. The lowest BCUT2D eigenvalue weighted by Crippen LogP contribution is -2.48. The van der Waals surface area contributed by atoms with Gasteiger partial charge in [0.05, 0.1) is 35.3 Å². The quantitative estimate of drug-likeness (QED) is 0.324. The number of likely N-dealkylation sites (N-methyl/N-ethyl adjacent to an activating group) is 1. The maximum atomic E-state index is 14.4. The molecule has 13 nitrogen and oxygen atoms in total. The normalized spacial score (nSPS) is 20.7. The van der Waals surface area contributed by atoms with Crippen LogP contribution in [0, 0.1) is 25.6 Å². The van der Waals surface area contributed by atoms with Crippen molar-refractivity contribution >= 4 is 31.6 Å². The lowest BCUT2D eigenvalue weighted by Gasteiger charge is -2.35. The number of nitrogens with zero attached hydrogens (tertiary/aromatic N) is 3. The Morgan fingerprint density at radius 3 is 2.43 bits per heavy atom. The Balaban J connectivity index is 1.69. The molecule has 0 aliphatic carbocycles. The maximum Gasteiger partial charge on any atom is 0.267 e. The molecule has 2 aromatic carbocycles. The highest BCUT2D eigenvalue weighted by atomic mass is 32.2. The maximum absolute atomic E-state index is 14.4. The molecule has 0 saturated heterocycles. The van der Waals surface area contributed by atoms with Gasteiger partial charge in [0.25, 0.3) is 15.9 Å². The van der Waals surface area contributed by atoms with E-state index in [1.54, 1.807) is 6.92 Å². The summed E-state index contributed by atoms with van der Waals surface area (Å²) in [7, 11) is -6.71. The minimum Gasteiger partial charge on any atom is -0.490 e. The molecule has 4 atom stereocenters. The lowest BCUT2D eigenvalue weighted by molar-refractivity contribution is -0.00834. The Kier molecular flexibility index (Phi) is 12.5. The Labute approximate surface area is 287 Å². The third kappa shape index (κ3) is 9.16. The fraction of sp³-hybridized carbons (Fsp3) is 0.515. The molecule has 0 fully saturated rings. The number of carbonyl (C=O) groups is 1. The lowest BCUT2D eigenvalue weighted by atomic mass is 10.0. The molecule has 1 aliphatic heterocycles. The van der Waals surface area contributed by atoms with Gasteiger partial charge in [-0.05, 0) is 89.4 Å². The van der Waals surface area contributed by atoms with Gasteiger partial charge in [-0.2, -0.15) is 4.31 Å². The highest BCUT2D eigenvalue weighted by molar-refractivity contribution is 7.92. The predicted molar refractivity (Wildman–Crippen MR) is 180 cm³/mol. The molecule has 2 heterocycles. The molecule has 0 saturated carbocycles. The van der Waals surface area contributed by atoms with Crippen molar-refractivity contribution in [3.63, 3.8) is 0 Å². The molecule has 49 heavy (non-hydrogen) atoms. The first kappa shape index (κ1) is 38.2. The molecule has 16 heteroatoms. The van der Waals surface area contributed by atoms with Crippen LogP contribution in [0.2, 0.25) is 0 Å². The second-order valence-electron chi connectivity index (χ2n) is 12.5. The van der Waals surface area contributed by atoms with Crippen LogP contribution in [0.1, 0.15) is 61.8 Å². The fourth-order valence-corrected chi connectivity index (χ4v) is 8.22. The Morgan fingerprint density at radius 2 is 1.80 bits per heavy atom. The van der Waals surface area contributed by atoms with Crippen LogP contribution in [0.3, 0.4) is 0 Å². The summed E-state index contributed by atoms with van der Waals surface area (Å²) in [4.78, 5) is 15.6. The van der Waals surface area contributed by atoms with Crippen LogP contribution in [0.25, 0.3) is 0 Å².